The van der Waals surface area contributed by atoms with Crippen molar-refractivity contribution in [3.05, 3.63) is 77.9 Å². The molecule has 0 radical (unpaired) electrons. The molecular formula is C21H20FN3O. The first-order valence-corrected chi connectivity index (χ1v) is 8.64. The number of benzene rings is 2. The Morgan fingerprint density at radius 1 is 1.00 bits per heavy atom. The first-order valence-electron chi connectivity index (χ1n) is 8.64. The number of rotatable bonds is 6. The Labute approximate surface area is 152 Å². The highest BCUT2D eigenvalue weighted by Crippen LogP contribution is 2.16. The lowest BCUT2D eigenvalue weighted by Crippen LogP contribution is -2.12. The zero-order chi connectivity index (χ0) is 18.4. The van der Waals surface area contributed by atoms with E-state index in [1.54, 1.807) is 12.1 Å². The third-order valence-electron chi connectivity index (χ3n) is 4.05. The Morgan fingerprint density at radius 3 is 2.27 bits per heavy atom. The van der Waals surface area contributed by atoms with Crippen LogP contribution in [0.4, 0.5) is 10.1 Å². The van der Waals surface area contributed by atoms with Gasteiger partial charge in [0, 0.05) is 23.6 Å². The molecule has 26 heavy (non-hydrogen) atoms. The van der Waals surface area contributed by atoms with E-state index in [-0.39, 0.29) is 11.7 Å². The van der Waals surface area contributed by atoms with E-state index in [9.17, 15) is 9.18 Å². The summed E-state index contributed by atoms with van der Waals surface area (Å²) >= 11 is 0. The van der Waals surface area contributed by atoms with Crippen molar-refractivity contribution in [3.63, 3.8) is 0 Å². The van der Waals surface area contributed by atoms with E-state index < -0.39 is 0 Å². The van der Waals surface area contributed by atoms with Crippen molar-refractivity contribution in [3.8, 4) is 11.4 Å². The lowest BCUT2D eigenvalue weighted by atomic mass is 10.1. The number of anilines is 1. The molecule has 0 bridgehead atoms. The van der Waals surface area contributed by atoms with Gasteiger partial charge in [0.2, 0.25) is 0 Å². The van der Waals surface area contributed by atoms with Crippen molar-refractivity contribution < 1.29 is 9.18 Å². The molecule has 1 heterocycles. The quantitative estimate of drug-likeness (QED) is 0.690. The number of aryl methyl sites for hydroxylation is 1. The first-order chi connectivity index (χ1) is 12.7. The molecule has 1 amide bonds. The van der Waals surface area contributed by atoms with E-state index in [4.69, 9.17) is 0 Å². The van der Waals surface area contributed by atoms with Gasteiger partial charge >= 0.3 is 0 Å². The van der Waals surface area contributed by atoms with Crippen molar-refractivity contribution in [1.82, 2.24) is 9.97 Å². The molecule has 0 atom stereocenters. The molecule has 0 saturated heterocycles. The topological polar surface area (TPSA) is 54.9 Å². The standard InChI is InChI=1S/C21H20FN3O/c1-2-3-4-15-5-11-19(12-6-15)25-21(26)17-13-23-20(24-14-17)16-7-9-18(22)10-8-16/h5-14H,2-4H2,1H3,(H,25,26). The van der Waals surface area contributed by atoms with Gasteiger partial charge in [0.1, 0.15) is 5.82 Å². The molecule has 5 heteroatoms. The van der Waals surface area contributed by atoms with Gasteiger partial charge < -0.3 is 5.32 Å². The summed E-state index contributed by atoms with van der Waals surface area (Å²) in [5.74, 6) is -0.135. The van der Waals surface area contributed by atoms with E-state index in [0.717, 1.165) is 24.9 Å². The summed E-state index contributed by atoms with van der Waals surface area (Å²) in [4.78, 5) is 20.7. The number of carbonyl (C=O) groups excluding carboxylic acids is 1. The molecule has 0 aliphatic heterocycles. The predicted molar refractivity (Wildman–Crippen MR) is 100 cm³/mol. The highest BCUT2D eigenvalue weighted by atomic mass is 19.1. The minimum Gasteiger partial charge on any atom is -0.322 e. The first kappa shape index (κ1) is 17.7. The third-order valence-corrected chi connectivity index (χ3v) is 4.05. The van der Waals surface area contributed by atoms with Crippen LogP contribution >= 0.6 is 0 Å². The Bertz CT molecular complexity index is 859. The van der Waals surface area contributed by atoms with Crippen LogP contribution in [0.15, 0.2) is 60.9 Å². The number of carbonyl (C=O) groups is 1. The molecule has 0 fully saturated rings. The van der Waals surface area contributed by atoms with Gasteiger partial charge in [-0.25, -0.2) is 14.4 Å². The van der Waals surface area contributed by atoms with Crippen molar-refractivity contribution in [1.29, 1.82) is 0 Å². The summed E-state index contributed by atoms with van der Waals surface area (Å²) in [5.41, 5.74) is 3.06. The van der Waals surface area contributed by atoms with Crippen LogP contribution in [0.1, 0.15) is 35.7 Å². The zero-order valence-corrected chi connectivity index (χ0v) is 14.6. The summed E-state index contributed by atoms with van der Waals surface area (Å²) < 4.78 is 13.0. The summed E-state index contributed by atoms with van der Waals surface area (Å²) in [5, 5.41) is 2.84. The minimum absolute atomic E-state index is 0.267. The lowest BCUT2D eigenvalue weighted by Gasteiger charge is -2.07. The van der Waals surface area contributed by atoms with Crippen LogP contribution < -0.4 is 5.32 Å². The number of nitrogens with one attached hydrogen (secondary N) is 1. The molecule has 0 aliphatic carbocycles. The highest BCUT2D eigenvalue weighted by molar-refractivity contribution is 6.03. The smallest absolute Gasteiger partial charge is 0.258 e. The molecule has 1 aromatic heterocycles. The molecule has 0 saturated carbocycles. The van der Waals surface area contributed by atoms with Crippen LogP contribution in [-0.2, 0) is 6.42 Å². The summed E-state index contributed by atoms with van der Waals surface area (Å²) in [6, 6.07) is 13.8. The number of nitrogens with zero attached hydrogens (tertiary/aromatic N) is 2. The zero-order valence-electron chi connectivity index (χ0n) is 14.6. The molecule has 3 rings (SSSR count). The summed E-state index contributed by atoms with van der Waals surface area (Å²) in [6.45, 7) is 2.16. The van der Waals surface area contributed by atoms with Crippen molar-refractivity contribution in [2.75, 3.05) is 5.32 Å². The maximum Gasteiger partial charge on any atom is 0.258 e. The second-order valence-corrected chi connectivity index (χ2v) is 6.06. The normalized spacial score (nSPS) is 10.5. The lowest BCUT2D eigenvalue weighted by molar-refractivity contribution is 0.102. The Morgan fingerprint density at radius 2 is 1.65 bits per heavy atom. The molecule has 0 aliphatic rings. The van der Waals surface area contributed by atoms with E-state index in [0.29, 0.717) is 17.0 Å². The molecule has 3 aromatic rings. The molecule has 2 aromatic carbocycles. The van der Waals surface area contributed by atoms with Gasteiger partial charge in [-0.3, -0.25) is 4.79 Å². The van der Waals surface area contributed by atoms with Crippen molar-refractivity contribution >= 4 is 11.6 Å². The average Bonchev–Trinajstić information content (AvgIpc) is 2.68. The van der Waals surface area contributed by atoms with Crippen LogP contribution in [-0.4, -0.2) is 15.9 Å². The number of aromatic nitrogens is 2. The minimum atomic E-state index is -0.314. The monoisotopic (exact) mass is 349 g/mol. The van der Waals surface area contributed by atoms with E-state index in [1.807, 2.05) is 24.3 Å². The van der Waals surface area contributed by atoms with Crippen LogP contribution in [0.3, 0.4) is 0 Å². The Kier molecular flexibility index (Phi) is 5.69. The molecule has 1 N–H and O–H groups in total. The predicted octanol–water partition coefficient (Wildman–Crippen LogP) is 4.88. The fraction of sp³-hybridized carbons (Fsp3) is 0.190. The van der Waals surface area contributed by atoms with Gasteiger partial charge in [0.05, 0.1) is 5.56 Å². The second-order valence-electron chi connectivity index (χ2n) is 6.06. The van der Waals surface area contributed by atoms with E-state index in [1.165, 1.54) is 30.1 Å². The Balaban J connectivity index is 1.65. The van der Waals surface area contributed by atoms with Gasteiger partial charge in [0.25, 0.3) is 5.91 Å². The fourth-order valence-electron chi connectivity index (χ4n) is 2.53. The molecule has 0 spiro atoms. The van der Waals surface area contributed by atoms with Crippen LogP contribution in [0, 0.1) is 5.82 Å². The van der Waals surface area contributed by atoms with E-state index in [2.05, 4.69) is 22.2 Å². The summed E-state index contributed by atoms with van der Waals surface area (Å²) in [7, 11) is 0. The van der Waals surface area contributed by atoms with Crippen molar-refractivity contribution in [2.45, 2.75) is 26.2 Å². The maximum absolute atomic E-state index is 13.0. The SMILES string of the molecule is CCCCc1ccc(NC(=O)c2cnc(-c3ccc(F)cc3)nc2)cc1. The molecular weight excluding hydrogens is 329 g/mol. The van der Waals surface area contributed by atoms with Crippen LogP contribution in [0.25, 0.3) is 11.4 Å². The average molecular weight is 349 g/mol. The number of halogens is 1. The Hall–Kier alpha value is -3.08. The van der Waals surface area contributed by atoms with Crippen LogP contribution in [0.5, 0.6) is 0 Å². The molecule has 0 unspecified atom stereocenters. The van der Waals surface area contributed by atoms with Gasteiger partial charge in [-0.2, -0.15) is 0 Å². The van der Waals surface area contributed by atoms with Gasteiger partial charge in [-0.05, 0) is 54.8 Å². The van der Waals surface area contributed by atoms with Gasteiger partial charge in [0.15, 0.2) is 5.82 Å². The van der Waals surface area contributed by atoms with Crippen molar-refractivity contribution in [2.24, 2.45) is 0 Å². The van der Waals surface area contributed by atoms with Crippen LogP contribution in [0.2, 0.25) is 0 Å². The molecule has 132 valence electrons. The largest absolute Gasteiger partial charge is 0.322 e. The van der Waals surface area contributed by atoms with Gasteiger partial charge in [-0.15, -0.1) is 0 Å². The number of unbranched alkanes of at least 4 members (excludes halogenated alkanes) is 1. The highest BCUT2D eigenvalue weighted by Gasteiger charge is 2.09. The molecule has 4 nitrogen and oxygen atoms in total. The third kappa shape index (κ3) is 4.51. The number of amides is 1. The fourth-order valence-corrected chi connectivity index (χ4v) is 2.53. The maximum atomic E-state index is 13.0. The van der Waals surface area contributed by atoms with E-state index >= 15 is 0 Å². The number of hydrogen-bond acceptors (Lipinski definition) is 3. The summed E-state index contributed by atoms with van der Waals surface area (Å²) in [6.07, 6.45) is 6.30. The second kappa shape index (κ2) is 8.34. The van der Waals surface area contributed by atoms with Gasteiger partial charge in [-0.1, -0.05) is 25.5 Å². The number of hydrogen-bond donors (Lipinski definition) is 1.